The Bertz CT molecular complexity index is 533. The molecule has 1 aromatic carbocycles. The maximum absolute atomic E-state index is 6.27. The molecule has 0 saturated heterocycles. The third-order valence-corrected chi connectivity index (χ3v) is 4.51. The number of aryl methyl sites for hydroxylation is 2. The maximum atomic E-state index is 6.27. The molecule has 1 atom stereocenters. The van der Waals surface area contributed by atoms with Gasteiger partial charge in [0, 0.05) is 18.0 Å². The molecule has 3 heteroatoms. The van der Waals surface area contributed by atoms with E-state index in [-0.39, 0.29) is 6.04 Å². The van der Waals surface area contributed by atoms with Gasteiger partial charge in [0.15, 0.2) is 0 Å². The number of thiophene rings is 1. The van der Waals surface area contributed by atoms with Crippen LogP contribution in [-0.4, -0.2) is 18.5 Å². The Morgan fingerprint density at radius 3 is 2.63 bits per heavy atom. The van der Waals surface area contributed by atoms with Crippen molar-refractivity contribution in [1.29, 1.82) is 0 Å². The Balaban J connectivity index is 1.94. The van der Waals surface area contributed by atoms with Gasteiger partial charge in [0.05, 0.1) is 6.04 Å². The van der Waals surface area contributed by atoms with Crippen LogP contribution >= 0.6 is 11.3 Å². The van der Waals surface area contributed by atoms with Crippen molar-refractivity contribution in [1.82, 2.24) is 4.90 Å². The van der Waals surface area contributed by atoms with Crippen LogP contribution in [0.5, 0.6) is 0 Å². The van der Waals surface area contributed by atoms with Crippen LogP contribution in [0.15, 0.2) is 35.7 Å². The molecular formula is C16H22N2S. The van der Waals surface area contributed by atoms with Crippen molar-refractivity contribution in [2.75, 3.05) is 13.6 Å². The first-order valence-electron chi connectivity index (χ1n) is 6.60. The summed E-state index contributed by atoms with van der Waals surface area (Å²) in [5.74, 6) is 0. The van der Waals surface area contributed by atoms with Crippen molar-refractivity contribution in [3.63, 3.8) is 0 Å². The minimum absolute atomic E-state index is 0.104. The highest BCUT2D eigenvalue weighted by Gasteiger charge is 2.12. The van der Waals surface area contributed by atoms with Crippen LogP contribution in [0, 0.1) is 13.8 Å². The van der Waals surface area contributed by atoms with E-state index in [0.717, 1.165) is 13.1 Å². The monoisotopic (exact) mass is 274 g/mol. The molecule has 1 aromatic heterocycles. The number of hydrogen-bond donors (Lipinski definition) is 1. The fraction of sp³-hybridized carbons (Fsp3) is 0.375. The molecule has 19 heavy (non-hydrogen) atoms. The Morgan fingerprint density at radius 1 is 1.26 bits per heavy atom. The number of nitrogens with two attached hydrogens (primary N) is 1. The van der Waals surface area contributed by atoms with E-state index >= 15 is 0 Å². The van der Waals surface area contributed by atoms with Gasteiger partial charge >= 0.3 is 0 Å². The summed E-state index contributed by atoms with van der Waals surface area (Å²) in [7, 11) is 2.13. The number of nitrogens with zero attached hydrogens (tertiary/aromatic N) is 1. The lowest BCUT2D eigenvalue weighted by atomic mass is 10.1. The molecule has 0 aliphatic carbocycles. The van der Waals surface area contributed by atoms with Gasteiger partial charge in [-0.05, 0) is 49.0 Å². The van der Waals surface area contributed by atoms with E-state index in [4.69, 9.17) is 5.73 Å². The normalized spacial score (nSPS) is 12.9. The molecule has 102 valence electrons. The number of benzene rings is 1. The molecule has 1 unspecified atom stereocenters. The molecule has 0 spiro atoms. The maximum Gasteiger partial charge on any atom is 0.0519 e. The average Bonchev–Trinajstić information content (AvgIpc) is 2.79. The lowest BCUT2D eigenvalue weighted by Gasteiger charge is -2.21. The second-order valence-electron chi connectivity index (χ2n) is 5.26. The highest BCUT2D eigenvalue weighted by Crippen LogP contribution is 2.21. The highest BCUT2D eigenvalue weighted by molar-refractivity contribution is 7.10. The summed E-state index contributed by atoms with van der Waals surface area (Å²) in [6, 6.07) is 10.8. The van der Waals surface area contributed by atoms with Crippen LogP contribution in [0.3, 0.4) is 0 Å². The first kappa shape index (κ1) is 14.3. The first-order valence-corrected chi connectivity index (χ1v) is 7.48. The van der Waals surface area contributed by atoms with Gasteiger partial charge in [0.1, 0.15) is 0 Å². The molecule has 0 saturated carbocycles. The first-order chi connectivity index (χ1) is 9.06. The summed E-state index contributed by atoms with van der Waals surface area (Å²) >= 11 is 1.76. The van der Waals surface area contributed by atoms with Crippen LogP contribution < -0.4 is 5.73 Å². The van der Waals surface area contributed by atoms with E-state index in [9.17, 15) is 0 Å². The smallest absolute Gasteiger partial charge is 0.0519 e. The summed E-state index contributed by atoms with van der Waals surface area (Å²) < 4.78 is 0. The van der Waals surface area contributed by atoms with Crippen LogP contribution in [0.1, 0.15) is 27.6 Å². The van der Waals surface area contributed by atoms with Crippen molar-refractivity contribution < 1.29 is 0 Å². The van der Waals surface area contributed by atoms with Gasteiger partial charge < -0.3 is 10.6 Å². The topological polar surface area (TPSA) is 29.3 Å². The fourth-order valence-corrected chi connectivity index (χ4v) is 3.11. The second-order valence-corrected chi connectivity index (χ2v) is 6.20. The van der Waals surface area contributed by atoms with Gasteiger partial charge in [-0.3, -0.25) is 0 Å². The standard InChI is InChI=1S/C16H22N2S/c1-12-8-16(19-11-12)15(17)10-18(3)9-14-7-5-4-6-13(14)2/h4-8,11,15H,9-10,17H2,1-3H3. The van der Waals surface area contributed by atoms with Crippen molar-refractivity contribution in [3.8, 4) is 0 Å². The molecule has 0 fully saturated rings. The van der Waals surface area contributed by atoms with E-state index < -0.39 is 0 Å². The summed E-state index contributed by atoms with van der Waals surface area (Å²) in [6.07, 6.45) is 0. The highest BCUT2D eigenvalue weighted by atomic mass is 32.1. The van der Waals surface area contributed by atoms with Gasteiger partial charge in [-0.25, -0.2) is 0 Å². The third-order valence-electron chi connectivity index (χ3n) is 3.33. The molecule has 2 rings (SSSR count). The zero-order chi connectivity index (χ0) is 13.8. The van der Waals surface area contributed by atoms with E-state index in [1.165, 1.54) is 21.6 Å². The van der Waals surface area contributed by atoms with E-state index in [2.05, 4.69) is 61.5 Å². The Labute approximate surface area is 119 Å². The quantitative estimate of drug-likeness (QED) is 0.904. The molecular weight excluding hydrogens is 252 g/mol. The summed E-state index contributed by atoms with van der Waals surface area (Å²) in [6.45, 7) is 6.11. The molecule has 1 heterocycles. The van der Waals surface area contributed by atoms with E-state index in [1.54, 1.807) is 11.3 Å². The van der Waals surface area contributed by atoms with Gasteiger partial charge in [-0.1, -0.05) is 24.3 Å². The largest absolute Gasteiger partial charge is 0.322 e. The number of rotatable bonds is 5. The molecule has 2 N–H and O–H groups in total. The van der Waals surface area contributed by atoms with Crippen molar-refractivity contribution >= 4 is 11.3 Å². The minimum atomic E-state index is 0.104. The number of likely N-dealkylation sites (N-methyl/N-ethyl adjacent to an activating group) is 1. The van der Waals surface area contributed by atoms with E-state index in [1.807, 2.05) is 0 Å². The van der Waals surface area contributed by atoms with Crippen molar-refractivity contribution in [2.24, 2.45) is 5.73 Å². The van der Waals surface area contributed by atoms with Gasteiger partial charge in [0.25, 0.3) is 0 Å². The van der Waals surface area contributed by atoms with Gasteiger partial charge in [-0.2, -0.15) is 0 Å². The van der Waals surface area contributed by atoms with Crippen molar-refractivity contribution in [2.45, 2.75) is 26.4 Å². The van der Waals surface area contributed by atoms with Crippen LogP contribution in [0.2, 0.25) is 0 Å². The Hall–Kier alpha value is -1.16. The van der Waals surface area contributed by atoms with Crippen LogP contribution in [0.25, 0.3) is 0 Å². The lowest BCUT2D eigenvalue weighted by molar-refractivity contribution is 0.306. The third kappa shape index (κ3) is 3.90. The zero-order valence-corrected chi connectivity index (χ0v) is 12.7. The summed E-state index contributed by atoms with van der Waals surface area (Å²) in [5.41, 5.74) is 10.3. The van der Waals surface area contributed by atoms with E-state index in [0.29, 0.717) is 0 Å². The summed E-state index contributed by atoms with van der Waals surface area (Å²) in [5, 5.41) is 2.16. The lowest BCUT2D eigenvalue weighted by Crippen LogP contribution is -2.28. The predicted molar refractivity (Wildman–Crippen MR) is 83.5 cm³/mol. The Kier molecular flexibility index (Phi) is 4.75. The second kappa shape index (κ2) is 6.33. The van der Waals surface area contributed by atoms with Crippen LogP contribution in [0.4, 0.5) is 0 Å². The van der Waals surface area contributed by atoms with Gasteiger partial charge in [0.2, 0.25) is 0 Å². The fourth-order valence-electron chi connectivity index (χ4n) is 2.22. The molecule has 0 radical (unpaired) electrons. The Morgan fingerprint density at radius 2 is 2.00 bits per heavy atom. The van der Waals surface area contributed by atoms with Crippen LogP contribution in [-0.2, 0) is 6.54 Å². The molecule has 0 aliphatic heterocycles. The molecule has 2 aromatic rings. The SMILES string of the molecule is Cc1csc(C(N)CN(C)Cc2ccccc2C)c1. The molecule has 0 aliphatic rings. The predicted octanol–water partition coefficient (Wildman–Crippen LogP) is 3.50. The molecule has 0 bridgehead atoms. The zero-order valence-electron chi connectivity index (χ0n) is 11.9. The van der Waals surface area contributed by atoms with Gasteiger partial charge in [-0.15, -0.1) is 11.3 Å². The molecule has 0 amide bonds. The number of hydrogen-bond acceptors (Lipinski definition) is 3. The average molecular weight is 274 g/mol. The van der Waals surface area contributed by atoms with Crippen molar-refractivity contribution in [3.05, 3.63) is 57.3 Å². The summed E-state index contributed by atoms with van der Waals surface area (Å²) in [4.78, 5) is 3.57. The minimum Gasteiger partial charge on any atom is -0.322 e. The molecule has 2 nitrogen and oxygen atoms in total.